The molecule has 1 saturated carbocycles. The van der Waals surface area contributed by atoms with Gasteiger partial charge in [0.05, 0.1) is 4.47 Å². The summed E-state index contributed by atoms with van der Waals surface area (Å²) in [5.41, 5.74) is 0. The molecule has 3 nitrogen and oxygen atoms in total. The van der Waals surface area contributed by atoms with Gasteiger partial charge < -0.3 is 4.90 Å². The number of hydrogen-bond donors (Lipinski definition) is 0. The first-order chi connectivity index (χ1) is 8.33. The van der Waals surface area contributed by atoms with Gasteiger partial charge in [-0.15, -0.1) is 0 Å². The van der Waals surface area contributed by atoms with Crippen molar-refractivity contribution in [3.63, 3.8) is 0 Å². The Morgan fingerprint density at radius 2 is 1.76 bits per heavy atom. The van der Waals surface area contributed by atoms with Crippen LogP contribution < -0.4 is 4.90 Å². The van der Waals surface area contributed by atoms with E-state index in [1.165, 1.54) is 32.1 Å². The normalized spacial score (nSPS) is 28.9. The fourth-order valence-corrected chi connectivity index (χ4v) is 3.46. The first-order valence-electron chi connectivity index (χ1n) is 6.55. The zero-order valence-corrected chi connectivity index (χ0v) is 11.6. The van der Waals surface area contributed by atoms with Gasteiger partial charge in [-0.3, -0.25) is 0 Å². The average Bonchev–Trinajstić information content (AvgIpc) is 2.39. The van der Waals surface area contributed by atoms with E-state index in [4.69, 9.17) is 0 Å². The molecule has 1 aliphatic heterocycles. The van der Waals surface area contributed by atoms with Crippen molar-refractivity contribution >= 4 is 21.9 Å². The number of rotatable bonds is 1. The van der Waals surface area contributed by atoms with Crippen molar-refractivity contribution < 1.29 is 0 Å². The molecule has 1 aliphatic carbocycles. The molecule has 0 spiro atoms. The summed E-state index contributed by atoms with van der Waals surface area (Å²) in [5, 5.41) is 0. The molecule has 4 heteroatoms. The predicted octanol–water partition coefficient (Wildman–Crippen LogP) is 3.26. The number of piperidine rings is 1. The lowest BCUT2D eigenvalue weighted by Crippen LogP contribution is -2.42. The minimum Gasteiger partial charge on any atom is -0.341 e. The van der Waals surface area contributed by atoms with Crippen molar-refractivity contribution in [2.45, 2.75) is 32.1 Å². The molecule has 2 fully saturated rings. The second-order valence-corrected chi connectivity index (χ2v) is 6.16. The first-order valence-corrected chi connectivity index (χ1v) is 7.35. The van der Waals surface area contributed by atoms with Gasteiger partial charge in [-0.05, 0) is 40.6 Å². The van der Waals surface area contributed by atoms with Gasteiger partial charge in [0.2, 0.25) is 5.95 Å². The second-order valence-electron chi connectivity index (χ2n) is 5.24. The SMILES string of the molecule is Brc1cnc(N2CCC3CCCCC3C2)nc1. The summed E-state index contributed by atoms with van der Waals surface area (Å²) in [7, 11) is 0. The fraction of sp³-hybridized carbons (Fsp3) is 0.692. The van der Waals surface area contributed by atoms with Crippen molar-refractivity contribution in [2.24, 2.45) is 11.8 Å². The molecule has 1 aromatic rings. The number of aromatic nitrogens is 2. The van der Waals surface area contributed by atoms with Crippen LogP contribution in [-0.4, -0.2) is 23.1 Å². The van der Waals surface area contributed by atoms with Gasteiger partial charge in [0.25, 0.3) is 0 Å². The van der Waals surface area contributed by atoms with Gasteiger partial charge >= 0.3 is 0 Å². The molecule has 2 atom stereocenters. The van der Waals surface area contributed by atoms with Crippen molar-refractivity contribution in [2.75, 3.05) is 18.0 Å². The molecule has 2 heterocycles. The van der Waals surface area contributed by atoms with Crippen LogP contribution in [0.1, 0.15) is 32.1 Å². The van der Waals surface area contributed by atoms with E-state index in [-0.39, 0.29) is 0 Å². The lowest BCUT2D eigenvalue weighted by atomic mass is 9.75. The van der Waals surface area contributed by atoms with E-state index in [9.17, 15) is 0 Å². The monoisotopic (exact) mass is 295 g/mol. The number of halogens is 1. The van der Waals surface area contributed by atoms with E-state index < -0.39 is 0 Å². The van der Waals surface area contributed by atoms with Crippen LogP contribution in [0.25, 0.3) is 0 Å². The van der Waals surface area contributed by atoms with Gasteiger partial charge in [0, 0.05) is 25.5 Å². The van der Waals surface area contributed by atoms with E-state index in [0.29, 0.717) is 0 Å². The quantitative estimate of drug-likeness (QED) is 0.796. The molecule has 17 heavy (non-hydrogen) atoms. The maximum absolute atomic E-state index is 4.41. The van der Waals surface area contributed by atoms with Gasteiger partial charge in [-0.25, -0.2) is 9.97 Å². The lowest BCUT2D eigenvalue weighted by Gasteiger charge is -2.41. The molecule has 92 valence electrons. The molecule has 0 amide bonds. The Morgan fingerprint density at radius 3 is 2.53 bits per heavy atom. The summed E-state index contributed by atoms with van der Waals surface area (Å²) in [6.45, 7) is 2.29. The Hall–Kier alpha value is -0.640. The minimum absolute atomic E-state index is 0.879. The van der Waals surface area contributed by atoms with E-state index in [1.807, 2.05) is 12.4 Å². The Bertz CT molecular complexity index is 379. The van der Waals surface area contributed by atoms with Crippen molar-refractivity contribution in [3.8, 4) is 0 Å². The third-order valence-electron chi connectivity index (χ3n) is 4.18. The van der Waals surface area contributed by atoms with E-state index in [1.54, 1.807) is 0 Å². The molecule has 2 unspecified atom stereocenters. The molecule has 0 bridgehead atoms. The predicted molar refractivity (Wildman–Crippen MR) is 72.0 cm³/mol. The maximum atomic E-state index is 4.41. The molecule has 1 aromatic heterocycles. The topological polar surface area (TPSA) is 29.0 Å². The zero-order valence-electron chi connectivity index (χ0n) is 9.98. The van der Waals surface area contributed by atoms with Crippen LogP contribution in [0.4, 0.5) is 5.95 Å². The largest absolute Gasteiger partial charge is 0.341 e. The molecule has 2 aliphatic rings. The van der Waals surface area contributed by atoms with Gasteiger partial charge in [0.1, 0.15) is 0 Å². The van der Waals surface area contributed by atoms with Crippen molar-refractivity contribution in [3.05, 3.63) is 16.9 Å². The fourth-order valence-electron chi connectivity index (χ4n) is 3.25. The summed E-state index contributed by atoms with van der Waals surface area (Å²) in [5.74, 6) is 2.75. The second kappa shape index (κ2) is 4.92. The molecular formula is C13H18BrN3. The minimum atomic E-state index is 0.879. The third-order valence-corrected chi connectivity index (χ3v) is 4.59. The van der Waals surface area contributed by atoms with Crippen LogP contribution in [0, 0.1) is 11.8 Å². The Labute approximate surface area is 111 Å². The lowest BCUT2D eigenvalue weighted by molar-refractivity contribution is 0.201. The summed E-state index contributed by atoms with van der Waals surface area (Å²) < 4.78 is 0.953. The van der Waals surface area contributed by atoms with Crippen LogP contribution in [0.3, 0.4) is 0 Å². The number of anilines is 1. The summed E-state index contributed by atoms with van der Waals surface area (Å²) >= 11 is 3.38. The van der Waals surface area contributed by atoms with Gasteiger partial charge in [0.15, 0.2) is 0 Å². The number of nitrogens with zero attached hydrogens (tertiary/aromatic N) is 3. The Balaban J connectivity index is 1.71. The van der Waals surface area contributed by atoms with E-state index in [2.05, 4.69) is 30.8 Å². The first kappa shape index (κ1) is 11.5. The zero-order chi connectivity index (χ0) is 11.7. The van der Waals surface area contributed by atoms with Crippen LogP contribution in [0.2, 0.25) is 0 Å². The molecule has 0 aromatic carbocycles. The summed E-state index contributed by atoms with van der Waals surface area (Å²) in [6.07, 6.45) is 10.7. The third kappa shape index (κ3) is 2.46. The highest BCUT2D eigenvalue weighted by Crippen LogP contribution is 2.36. The highest BCUT2D eigenvalue weighted by Gasteiger charge is 2.31. The standard InChI is InChI=1S/C13H18BrN3/c14-12-7-15-13(16-8-12)17-6-5-10-3-1-2-4-11(10)9-17/h7-8,10-11H,1-6,9H2. The average molecular weight is 296 g/mol. The maximum Gasteiger partial charge on any atom is 0.225 e. The molecule has 1 saturated heterocycles. The molecule has 0 N–H and O–H groups in total. The summed E-state index contributed by atoms with van der Waals surface area (Å²) in [6, 6.07) is 0. The highest BCUT2D eigenvalue weighted by molar-refractivity contribution is 9.10. The van der Waals surface area contributed by atoms with Gasteiger partial charge in [-0.1, -0.05) is 19.3 Å². The number of fused-ring (bicyclic) bond motifs is 1. The molecule has 0 radical (unpaired) electrons. The summed E-state index contributed by atoms with van der Waals surface area (Å²) in [4.78, 5) is 11.2. The molecular weight excluding hydrogens is 278 g/mol. The highest BCUT2D eigenvalue weighted by atomic mass is 79.9. The van der Waals surface area contributed by atoms with E-state index >= 15 is 0 Å². The van der Waals surface area contributed by atoms with E-state index in [0.717, 1.165) is 35.3 Å². The Morgan fingerprint density at radius 1 is 1.06 bits per heavy atom. The van der Waals surface area contributed by atoms with Crippen molar-refractivity contribution in [1.82, 2.24) is 9.97 Å². The van der Waals surface area contributed by atoms with Crippen LogP contribution in [0.5, 0.6) is 0 Å². The Kier molecular flexibility index (Phi) is 3.32. The number of hydrogen-bond acceptors (Lipinski definition) is 3. The molecule has 3 rings (SSSR count). The van der Waals surface area contributed by atoms with Crippen LogP contribution >= 0.6 is 15.9 Å². The van der Waals surface area contributed by atoms with Gasteiger partial charge in [-0.2, -0.15) is 0 Å². The van der Waals surface area contributed by atoms with Crippen LogP contribution in [-0.2, 0) is 0 Å². The van der Waals surface area contributed by atoms with Crippen molar-refractivity contribution in [1.29, 1.82) is 0 Å². The smallest absolute Gasteiger partial charge is 0.225 e. The van der Waals surface area contributed by atoms with Crippen LogP contribution in [0.15, 0.2) is 16.9 Å².